The predicted molar refractivity (Wildman–Crippen MR) is 109 cm³/mol. The van der Waals surface area contributed by atoms with Crippen molar-refractivity contribution in [2.75, 3.05) is 6.54 Å². The minimum Gasteiger partial charge on any atom is -0.355 e. The molecule has 1 atom stereocenters. The van der Waals surface area contributed by atoms with Gasteiger partial charge in [0.1, 0.15) is 6.04 Å². The Morgan fingerprint density at radius 2 is 1.67 bits per heavy atom. The first-order chi connectivity index (χ1) is 13.1. The summed E-state index contributed by atoms with van der Waals surface area (Å²) in [6.07, 6.45) is 1.66. The van der Waals surface area contributed by atoms with Gasteiger partial charge in [-0.1, -0.05) is 61.5 Å². The van der Waals surface area contributed by atoms with E-state index in [4.69, 9.17) is 0 Å². The van der Waals surface area contributed by atoms with E-state index >= 15 is 0 Å². The third kappa shape index (κ3) is 5.95. The minimum atomic E-state index is -0.451. The van der Waals surface area contributed by atoms with Gasteiger partial charge < -0.3 is 10.2 Å². The Hall–Kier alpha value is -2.62. The first kappa shape index (κ1) is 20.7. The van der Waals surface area contributed by atoms with Crippen molar-refractivity contribution in [1.29, 1.82) is 0 Å². The number of hydrogen-bond acceptors (Lipinski definition) is 2. The van der Waals surface area contributed by atoms with E-state index in [2.05, 4.69) is 5.32 Å². The van der Waals surface area contributed by atoms with Crippen LogP contribution in [-0.4, -0.2) is 29.3 Å². The van der Waals surface area contributed by atoms with Gasteiger partial charge in [0.05, 0.1) is 0 Å². The van der Waals surface area contributed by atoms with Gasteiger partial charge >= 0.3 is 0 Å². The summed E-state index contributed by atoms with van der Waals surface area (Å²) in [5, 5.41) is 2.87. The van der Waals surface area contributed by atoms with Crippen LogP contribution >= 0.6 is 0 Å². The lowest BCUT2D eigenvalue weighted by atomic mass is 10.0. The number of hydrogen-bond donors (Lipinski definition) is 1. The highest BCUT2D eigenvalue weighted by Crippen LogP contribution is 2.17. The average molecular weight is 367 g/mol. The second-order valence-electron chi connectivity index (χ2n) is 6.75. The number of aryl methyl sites for hydroxylation is 2. The molecule has 0 saturated carbocycles. The molecule has 0 spiro atoms. The van der Waals surface area contributed by atoms with Gasteiger partial charge in [0.15, 0.2) is 0 Å². The zero-order chi connectivity index (χ0) is 19.6. The van der Waals surface area contributed by atoms with Crippen molar-refractivity contribution in [3.63, 3.8) is 0 Å². The monoisotopic (exact) mass is 366 g/mol. The topological polar surface area (TPSA) is 49.4 Å². The van der Waals surface area contributed by atoms with E-state index in [1.807, 2.05) is 75.4 Å². The summed E-state index contributed by atoms with van der Waals surface area (Å²) in [6.45, 7) is 6.90. The molecule has 2 rings (SSSR count). The van der Waals surface area contributed by atoms with Crippen molar-refractivity contribution < 1.29 is 9.59 Å². The van der Waals surface area contributed by atoms with E-state index in [9.17, 15) is 9.59 Å². The fraction of sp³-hybridized carbons (Fsp3) is 0.391. The third-order valence-electron chi connectivity index (χ3n) is 4.81. The SMILES string of the molecule is CCNC(=O)[C@@H](CC)N(Cc1ccccc1C)C(=O)CCc1ccccc1. The van der Waals surface area contributed by atoms with Crippen molar-refractivity contribution >= 4 is 11.8 Å². The van der Waals surface area contributed by atoms with Crippen molar-refractivity contribution in [1.82, 2.24) is 10.2 Å². The summed E-state index contributed by atoms with van der Waals surface area (Å²) in [5.74, 6) is -0.0677. The van der Waals surface area contributed by atoms with Crippen LogP contribution in [0.1, 0.15) is 43.4 Å². The summed E-state index contributed by atoms with van der Waals surface area (Å²) in [4.78, 5) is 27.4. The first-order valence-corrected chi connectivity index (χ1v) is 9.72. The molecule has 1 N–H and O–H groups in total. The molecule has 27 heavy (non-hydrogen) atoms. The molecular formula is C23H30N2O2. The second-order valence-corrected chi connectivity index (χ2v) is 6.75. The predicted octanol–water partition coefficient (Wildman–Crippen LogP) is 3.87. The van der Waals surface area contributed by atoms with Crippen LogP contribution in [0.15, 0.2) is 54.6 Å². The Bertz CT molecular complexity index is 743. The van der Waals surface area contributed by atoms with Gasteiger partial charge in [-0.15, -0.1) is 0 Å². The Balaban J connectivity index is 2.20. The van der Waals surface area contributed by atoms with E-state index in [-0.39, 0.29) is 11.8 Å². The van der Waals surface area contributed by atoms with Crippen LogP contribution in [0, 0.1) is 6.92 Å². The molecule has 0 aliphatic rings. The van der Waals surface area contributed by atoms with Crippen molar-refractivity contribution in [2.24, 2.45) is 0 Å². The molecule has 0 aliphatic carbocycles. The highest BCUT2D eigenvalue weighted by Gasteiger charge is 2.28. The molecule has 0 heterocycles. The lowest BCUT2D eigenvalue weighted by molar-refractivity contribution is -0.141. The Morgan fingerprint density at radius 3 is 2.30 bits per heavy atom. The maximum absolute atomic E-state index is 13.1. The van der Waals surface area contributed by atoms with Crippen LogP contribution in [0.4, 0.5) is 0 Å². The highest BCUT2D eigenvalue weighted by atomic mass is 16.2. The third-order valence-corrected chi connectivity index (χ3v) is 4.81. The fourth-order valence-corrected chi connectivity index (χ4v) is 3.22. The molecule has 0 saturated heterocycles. The normalized spacial score (nSPS) is 11.7. The molecule has 2 aromatic carbocycles. The molecule has 0 fully saturated rings. The quantitative estimate of drug-likeness (QED) is 0.732. The number of amides is 2. The molecular weight excluding hydrogens is 336 g/mol. The second kappa shape index (κ2) is 10.5. The van der Waals surface area contributed by atoms with Crippen molar-refractivity contribution in [3.05, 3.63) is 71.3 Å². The molecule has 4 heteroatoms. The summed E-state index contributed by atoms with van der Waals surface area (Å²) in [5.41, 5.74) is 3.34. The van der Waals surface area contributed by atoms with E-state index in [0.717, 1.165) is 16.7 Å². The van der Waals surface area contributed by atoms with Crippen LogP contribution in [0.2, 0.25) is 0 Å². The lowest BCUT2D eigenvalue weighted by Crippen LogP contribution is -2.49. The van der Waals surface area contributed by atoms with Gasteiger partial charge in [0.25, 0.3) is 0 Å². The van der Waals surface area contributed by atoms with Crippen LogP contribution in [0.5, 0.6) is 0 Å². The van der Waals surface area contributed by atoms with Crippen molar-refractivity contribution in [2.45, 2.75) is 52.6 Å². The largest absolute Gasteiger partial charge is 0.355 e. The van der Waals surface area contributed by atoms with Gasteiger partial charge in [0, 0.05) is 19.5 Å². The first-order valence-electron chi connectivity index (χ1n) is 9.72. The van der Waals surface area contributed by atoms with Crippen molar-refractivity contribution in [3.8, 4) is 0 Å². The zero-order valence-electron chi connectivity index (χ0n) is 16.6. The molecule has 0 aliphatic heterocycles. The molecule has 0 bridgehead atoms. The molecule has 4 nitrogen and oxygen atoms in total. The summed E-state index contributed by atoms with van der Waals surface area (Å²) >= 11 is 0. The lowest BCUT2D eigenvalue weighted by Gasteiger charge is -2.31. The van der Waals surface area contributed by atoms with Crippen LogP contribution in [0.25, 0.3) is 0 Å². The van der Waals surface area contributed by atoms with Gasteiger partial charge in [-0.05, 0) is 43.4 Å². The van der Waals surface area contributed by atoms with Gasteiger partial charge in [-0.25, -0.2) is 0 Å². The zero-order valence-corrected chi connectivity index (χ0v) is 16.6. The number of rotatable bonds is 9. The maximum atomic E-state index is 13.1. The van der Waals surface area contributed by atoms with Crippen LogP contribution in [-0.2, 0) is 22.6 Å². The number of carbonyl (C=O) groups is 2. The van der Waals surface area contributed by atoms with E-state index in [1.165, 1.54) is 0 Å². The molecule has 2 amide bonds. The van der Waals surface area contributed by atoms with Gasteiger partial charge in [-0.3, -0.25) is 9.59 Å². The maximum Gasteiger partial charge on any atom is 0.242 e. The minimum absolute atomic E-state index is 0.0141. The van der Waals surface area contributed by atoms with Crippen LogP contribution in [0.3, 0.4) is 0 Å². The highest BCUT2D eigenvalue weighted by molar-refractivity contribution is 5.87. The Kier molecular flexibility index (Phi) is 8.05. The number of nitrogens with one attached hydrogen (secondary N) is 1. The number of benzene rings is 2. The van der Waals surface area contributed by atoms with E-state index < -0.39 is 6.04 Å². The molecule has 0 radical (unpaired) electrons. The van der Waals surface area contributed by atoms with Gasteiger partial charge in [0.2, 0.25) is 11.8 Å². The van der Waals surface area contributed by atoms with Crippen LogP contribution < -0.4 is 5.32 Å². The summed E-state index contributed by atoms with van der Waals surface area (Å²) < 4.78 is 0. The molecule has 0 aromatic heterocycles. The van der Waals surface area contributed by atoms with E-state index in [1.54, 1.807) is 4.90 Å². The Morgan fingerprint density at radius 1 is 1.00 bits per heavy atom. The number of likely N-dealkylation sites (N-methyl/N-ethyl adjacent to an activating group) is 1. The molecule has 2 aromatic rings. The van der Waals surface area contributed by atoms with Gasteiger partial charge in [-0.2, -0.15) is 0 Å². The summed E-state index contributed by atoms with van der Waals surface area (Å²) in [6, 6.07) is 17.6. The molecule has 0 unspecified atom stereocenters. The Labute approximate surface area is 162 Å². The standard InChI is InChI=1S/C23H30N2O2/c1-4-21(23(27)24-5-2)25(17-20-14-10-9-11-18(20)3)22(26)16-15-19-12-7-6-8-13-19/h6-14,21H,4-5,15-17H2,1-3H3,(H,24,27)/t21-/m1/s1. The fourth-order valence-electron chi connectivity index (χ4n) is 3.22. The summed E-state index contributed by atoms with van der Waals surface area (Å²) in [7, 11) is 0. The molecule has 144 valence electrons. The number of carbonyl (C=O) groups excluding carboxylic acids is 2. The number of nitrogens with zero attached hydrogens (tertiary/aromatic N) is 1. The van der Waals surface area contributed by atoms with E-state index in [0.29, 0.717) is 32.4 Å². The average Bonchev–Trinajstić information content (AvgIpc) is 2.68. The smallest absolute Gasteiger partial charge is 0.242 e.